The molecule has 30 heavy (non-hydrogen) atoms. The quantitative estimate of drug-likeness (QED) is 0.541. The van der Waals surface area contributed by atoms with Crippen molar-refractivity contribution in [3.63, 3.8) is 0 Å². The number of rotatable bonds is 3. The van der Waals surface area contributed by atoms with E-state index < -0.39 is 0 Å². The standard InChI is InChI=1S/C26H33N3O/c1-16-7-8-21(10-17(16)2)25-26(12-20(5)29(25)6)13-22(14-30-26)23-11-24(28-15-27)19(4)9-18(23)3/h7-11,20,22,25,28H,12-14H2,1-6H3. The van der Waals surface area contributed by atoms with Crippen molar-refractivity contribution in [2.24, 2.45) is 0 Å². The zero-order valence-corrected chi connectivity index (χ0v) is 19.0. The van der Waals surface area contributed by atoms with Gasteiger partial charge in [0.1, 0.15) is 0 Å². The highest BCUT2D eigenvalue weighted by molar-refractivity contribution is 5.58. The summed E-state index contributed by atoms with van der Waals surface area (Å²) < 4.78 is 6.70. The summed E-state index contributed by atoms with van der Waals surface area (Å²) in [6, 6.07) is 12.0. The summed E-state index contributed by atoms with van der Waals surface area (Å²) >= 11 is 0. The van der Waals surface area contributed by atoms with E-state index in [9.17, 15) is 0 Å². The van der Waals surface area contributed by atoms with Gasteiger partial charge in [-0.2, -0.15) is 5.26 Å². The Kier molecular flexibility index (Phi) is 5.38. The van der Waals surface area contributed by atoms with Crippen LogP contribution in [0.1, 0.15) is 65.1 Å². The maximum absolute atomic E-state index is 9.11. The average molecular weight is 404 g/mol. The number of aryl methyl sites for hydroxylation is 4. The van der Waals surface area contributed by atoms with Gasteiger partial charge in [0, 0.05) is 12.0 Å². The van der Waals surface area contributed by atoms with Crippen LogP contribution in [0.5, 0.6) is 0 Å². The molecule has 0 bridgehead atoms. The Morgan fingerprint density at radius 1 is 1.03 bits per heavy atom. The molecule has 0 radical (unpaired) electrons. The summed E-state index contributed by atoms with van der Waals surface area (Å²) in [6.07, 6.45) is 4.13. The Morgan fingerprint density at radius 2 is 1.80 bits per heavy atom. The van der Waals surface area contributed by atoms with Crippen molar-refractivity contribution in [2.45, 2.75) is 71.1 Å². The number of nitrogens with zero attached hydrogens (tertiary/aromatic N) is 2. The fourth-order valence-electron chi connectivity index (χ4n) is 5.69. The molecule has 2 saturated heterocycles. The van der Waals surface area contributed by atoms with Crippen LogP contribution in [0.15, 0.2) is 30.3 Å². The second-order valence-electron chi connectivity index (χ2n) is 9.50. The number of likely N-dealkylation sites (tertiary alicyclic amines) is 1. The third-order valence-electron chi connectivity index (χ3n) is 7.50. The maximum atomic E-state index is 9.11. The molecule has 0 amide bonds. The van der Waals surface area contributed by atoms with Gasteiger partial charge in [-0.15, -0.1) is 0 Å². The largest absolute Gasteiger partial charge is 0.372 e. The molecule has 0 saturated carbocycles. The third kappa shape index (κ3) is 3.41. The van der Waals surface area contributed by atoms with Gasteiger partial charge in [-0.3, -0.25) is 10.2 Å². The van der Waals surface area contributed by atoms with Crippen molar-refractivity contribution in [2.75, 3.05) is 19.0 Å². The molecule has 2 aliphatic heterocycles. The predicted octanol–water partition coefficient (Wildman–Crippen LogP) is 5.52. The lowest BCUT2D eigenvalue weighted by Gasteiger charge is -2.34. The molecule has 0 aromatic heterocycles. The van der Waals surface area contributed by atoms with Crippen LogP contribution in [0.4, 0.5) is 5.69 Å². The Labute approximate surface area is 180 Å². The number of benzene rings is 2. The number of hydrogen-bond donors (Lipinski definition) is 1. The minimum Gasteiger partial charge on any atom is -0.372 e. The minimum atomic E-state index is -0.166. The molecule has 4 rings (SSSR count). The van der Waals surface area contributed by atoms with Crippen LogP contribution in [0.3, 0.4) is 0 Å². The highest BCUT2D eigenvalue weighted by Gasteiger charge is 2.55. The van der Waals surface area contributed by atoms with Crippen LogP contribution >= 0.6 is 0 Å². The summed E-state index contributed by atoms with van der Waals surface area (Å²) in [5, 5.41) is 12.0. The van der Waals surface area contributed by atoms with E-state index in [1.807, 2.05) is 6.92 Å². The molecule has 2 aliphatic rings. The van der Waals surface area contributed by atoms with E-state index in [-0.39, 0.29) is 11.6 Å². The SMILES string of the molecule is Cc1ccc(C2N(C)C(C)CC23CC(c2cc(NC#N)c(C)cc2C)CO3)cc1C. The van der Waals surface area contributed by atoms with E-state index in [0.717, 1.165) is 30.7 Å². The summed E-state index contributed by atoms with van der Waals surface area (Å²) in [7, 11) is 2.24. The molecule has 2 heterocycles. The second kappa shape index (κ2) is 7.72. The highest BCUT2D eigenvalue weighted by atomic mass is 16.5. The fourth-order valence-corrected chi connectivity index (χ4v) is 5.69. The number of nitriles is 1. The molecule has 1 N–H and O–H groups in total. The lowest BCUT2D eigenvalue weighted by atomic mass is 9.80. The second-order valence-corrected chi connectivity index (χ2v) is 9.50. The van der Waals surface area contributed by atoms with Gasteiger partial charge in [0.15, 0.2) is 6.19 Å². The number of likely N-dealkylation sites (N-methyl/N-ethyl adjacent to an activating group) is 1. The number of nitrogens with one attached hydrogen (secondary N) is 1. The Bertz CT molecular complexity index is 1010. The summed E-state index contributed by atoms with van der Waals surface area (Å²) in [5.74, 6) is 0.345. The maximum Gasteiger partial charge on any atom is 0.181 e. The van der Waals surface area contributed by atoms with Crippen LogP contribution in [-0.2, 0) is 4.74 Å². The highest BCUT2D eigenvalue weighted by Crippen LogP contribution is 2.54. The van der Waals surface area contributed by atoms with Crippen molar-refractivity contribution in [3.05, 3.63) is 63.7 Å². The molecule has 158 valence electrons. The summed E-state index contributed by atoms with van der Waals surface area (Å²) in [4.78, 5) is 2.50. The number of hydrogen-bond acceptors (Lipinski definition) is 4. The van der Waals surface area contributed by atoms with Crippen LogP contribution < -0.4 is 5.32 Å². The molecule has 4 atom stereocenters. The first-order valence-corrected chi connectivity index (χ1v) is 10.9. The Morgan fingerprint density at radius 3 is 2.50 bits per heavy atom. The average Bonchev–Trinajstić information content (AvgIpc) is 3.21. The van der Waals surface area contributed by atoms with Crippen LogP contribution in [0, 0.1) is 39.1 Å². The molecule has 0 aliphatic carbocycles. The van der Waals surface area contributed by atoms with Gasteiger partial charge in [0.05, 0.1) is 23.9 Å². The smallest absolute Gasteiger partial charge is 0.181 e. The topological polar surface area (TPSA) is 48.3 Å². The Balaban J connectivity index is 1.69. The van der Waals surface area contributed by atoms with Gasteiger partial charge < -0.3 is 4.74 Å². The van der Waals surface area contributed by atoms with E-state index in [2.05, 4.69) is 81.5 Å². The van der Waals surface area contributed by atoms with Gasteiger partial charge >= 0.3 is 0 Å². The molecule has 2 aromatic carbocycles. The molecule has 4 heteroatoms. The van der Waals surface area contributed by atoms with Gasteiger partial charge in [-0.25, -0.2) is 0 Å². The minimum absolute atomic E-state index is 0.166. The van der Waals surface area contributed by atoms with E-state index in [4.69, 9.17) is 10.00 Å². The molecule has 1 spiro atoms. The van der Waals surface area contributed by atoms with Gasteiger partial charge in [-0.1, -0.05) is 24.3 Å². The predicted molar refractivity (Wildman–Crippen MR) is 122 cm³/mol. The van der Waals surface area contributed by atoms with E-state index in [1.165, 1.54) is 27.8 Å². The lowest BCUT2D eigenvalue weighted by molar-refractivity contribution is -0.0216. The Hall–Kier alpha value is -2.35. The molecule has 2 aromatic rings. The normalized spacial score (nSPS) is 28.8. The summed E-state index contributed by atoms with van der Waals surface area (Å²) in [6.45, 7) is 11.6. The molecular formula is C26H33N3O. The monoisotopic (exact) mass is 403 g/mol. The van der Waals surface area contributed by atoms with Crippen LogP contribution in [0.25, 0.3) is 0 Å². The van der Waals surface area contributed by atoms with Crippen molar-refractivity contribution in [1.29, 1.82) is 5.26 Å². The first kappa shape index (κ1) is 20.9. The zero-order valence-electron chi connectivity index (χ0n) is 19.0. The van der Waals surface area contributed by atoms with Crippen LogP contribution in [0.2, 0.25) is 0 Å². The van der Waals surface area contributed by atoms with E-state index in [0.29, 0.717) is 12.0 Å². The van der Waals surface area contributed by atoms with E-state index >= 15 is 0 Å². The van der Waals surface area contributed by atoms with Gasteiger partial charge in [0.25, 0.3) is 0 Å². The van der Waals surface area contributed by atoms with Crippen LogP contribution in [-0.4, -0.2) is 30.2 Å². The molecule has 2 fully saturated rings. The lowest BCUT2D eigenvalue weighted by Crippen LogP contribution is -2.36. The third-order valence-corrected chi connectivity index (χ3v) is 7.50. The molecule has 4 unspecified atom stereocenters. The van der Waals surface area contributed by atoms with Crippen molar-refractivity contribution in [3.8, 4) is 6.19 Å². The van der Waals surface area contributed by atoms with Crippen molar-refractivity contribution < 1.29 is 4.74 Å². The van der Waals surface area contributed by atoms with Crippen molar-refractivity contribution >= 4 is 5.69 Å². The number of anilines is 1. The first-order chi connectivity index (χ1) is 14.3. The number of ether oxygens (including phenoxy) is 1. The van der Waals surface area contributed by atoms with E-state index in [1.54, 1.807) is 0 Å². The van der Waals surface area contributed by atoms with Gasteiger partial charge in [0.2, 0.25) is 0 Å². The van der Waals surface area contributed by atoms with Crippen molar-refractivity contribution in [1.82, 2.24) is 4.90 Å². The fraction of sp³-hybridized carbons (Fsp3) is 0.500. The molecular weight excluding hydrogens is 370 g/mol. The van der Waals surface area contributed by atoms with Gasteiger partial charge in [-0.05, 0) is 94.0 Å². The first-order valence-electron chi connectivity index (χ1n) is 10.9. The molecule has 4 nitrogen and oxygen atoms in total. The summed E-state index contributed by atoms with van der Waals surface area (Å²) in [5.41, 5.74) is 8.46. The zero-order chi connectivity index (χ0) is 21.6.